The van der Waals surface area contributed by atoms with Gasteiger partial charge in [0.05, 0.1) is 12.8 Å². The van der Waals surface area contributed by atoms with Crippen molar-refractivity contribution in [3.05, 3.63) is 59.4 Å². The van der Waals surface area contributed by atoms with Gasteiger partial charge in [-0.05, 0) is 31.5 Å². The second-order valence-electron chi connectivity index (χ2n) is 4.61. The summed E-state index contributed by atoms with van der Waals surface area (Å²) < 4.78 is 5.39. The van der Waals surface area contributed by atoms with Crippen molar-refractivity contribution in [3.8, 4) is 5.75 Å². The Bertz CT molecular complexity index is 540. The summed E-state index contributed by atoms with van der Waals surface area (Å²) in [5, 5.41) is 3.49. The molecule has 0 aliphatic carbocycles. The van der Waals surface area contributed by atoms with Crippen molar-refractivity contribution in [1.29, 1.82) is 0 Å². The minimum absolute atomic E-state index is 0.220. The normalized spacial score (nSPS) is 12.2. The van der Waals surface area contributed by atoms with E-state index >= 15 is 0 Å². The predicted molar refractivity (Wildman–Crippen MR) is 77.2 cm³/mol. The molecule has 0 unspecified atom stereocenters. The zero-order valence-electron chi connectivity index (χ0n) is 11.7. The number of methoxy groups -OCH3 is 1. The average Bonchev–Trinajstić information content (AvgIpc) is 2.46. The zero-order chi connectivity index (χ0) is 13.7. The number of para-hydroxylation sites is 1. The number of ether oxygens (including phenoxy) is 1. The summed E-state index contributed by atoms with van der Waals surface area (Å²) in [6.45, 7) is 4.97. The van der Waals surface area contributed by atoms with E-state index in [4.69, 9.17) is 4.74 Å². The van der Waals surface area contributed by atoms with Gasteiger partial charge in [0.1, 0.15) is 5.75 Å². The summed E-state index contributed by atoms with van der Waals surface area (Å²) in [5.41, 5.74) is 3.46. The fourth-order valence-electron chi connectivity index (χ4n) is 2.09. The number of nitrogens with zero attached hydrogens (tertiary/aromatic N) is 1. The second-order valence-corrected chi connectivity index (χ2v) is 4.61. The van der Waals surface area contributed by atoms with Crippen LogP contribution in [0.1, 0.15) is 29.8 Å². The lowest BCUT2D eigenvalue weighted by atomic mass is 10.1. The van der Waals surface area contributed by atoms with Crippen LogP contribution in [0, 0.1) is 6.92 Å². The van der Waals surface area contributed by atoms with Crippen LogP contribution >= 0.6 is 0 Å². The number of benzene rings is 1. The maximum atomic E-state index is 5.39. The smallest absolute Gasteiger partial charge is 0.123 e. The summed E-state index contributed by atoms with van der Waals surface area (Å²) >= 11 is 0. The molecule has 2 rings (SSSR count). The number of aryl methyl sites for hydroxylation is 1. The molecular formula is C16H20N2O. The topological polar surface area (TPSA) is 34.1 Å². The number of nitrogens with one attached hydrogen (secondary N) is 1. The van der Waals surface area contributed by atoms with Gasteiger partial charge < -0.3 is 10.1 Å². The van der Waals surface area contributed by atoms with Gasteiger partial charge in [0.15, 0.2) is 0 Å². The van der Waals surface area contributed by atoms with Crippen LogP contribution in [0.3, 0.4) is 0 Å². The molecule has 1 aromatic heterocycles. The highest BCUT2D eigenvalue weighted by Gasteiger charge is 2.10. The average molecular weight is 256 g/mol. The van der Waals surface area contributed by atoms with E-state index in [2.05, 4.69) is 36.3 Å². The number of aromatic nitrogens is 1. The molecule has 0 bridgehead atoms. The molecule has 0 spiro atoms. The number of rotatable bonds is 5. The molecule has 19 heavy (non-hydrogen) atoms. The standard InChI is InChI=1S/C16H20N2O/c1-12-7-6-10-17-15(12)11-18-13(2)14-8-4-5-9-16(14)19-3/h4-10,13,18H,11H2,1-3H3/t13-/m0/s1. The van der Waals surface area contributed by atoms with E-state index in [0.717, 1.165) is 18.0 Å². The summed E-state index contributed by atoms with van der Waals surface area (Å²) in [7, 11) is 1.70. The Balaban J connectivity index is 2.05. The van der Waals surface area contributed by atoms with Crippen molar-refractivity contribution in [2.45, 2.75) is 26.4 Å². The van der Waals surface area contributed by atoms with Crippen molar-refractivity contribution in [1.82, 2.24) is 10.3 Å². The Morgan fingerprint density at radius 2 is 2.00 bits per heavy atom. The molecule has 0 amide bonds. The summed E-state index contributed by atoms with van der Waals surface area (Å²) in [5.74, 6) is 0.917. The van der Waals surface area contributed by atoms with E-state index < -0.39 is 0 Å². The minimum Gasteiger partial charge on any atom is -0.496 e. The molecule has 1 N–H and O–H groups in total. The minimum atomic E-state index is 0.220. The van der Waals surface area contributed by atoms with E-state index in [1.165, 1.54) is 11.1 Å². The molecule has 0 radical (unpaired) electrons. The maximum Gasteiger partial charge on any atom is 0.123 e. The van der Waals surface area contributed by atoms with Crippen molar-refractivity contribution in [3.63, 3.8) is 0 Å². The molecular weight excluding hydrogens is 236 g/mol. The van der Waals surface area contributed by atoms with Gasteiger partial charge in [0.25, 0.3) is 0 Å². The lowest BCUT2D eigenvalue weighted by Crippen LogP contribution is -2.19. The third-order valence-corrected chi connectivity index (χ3v) is 3.30. The molecule has 0 saturated heterocycles. The molecule has 100 valence electrons. The number of hydrogen-bond donors (Lipinski definition) is 1. The van der Waals surface area contributed by atoms with Crippen LogP contribution in [0.25, 0.3) is 0 Å². The van der Waals surface area contributed by atoms with Gasteiger partial charge in [0.2, 0.25) is 0 Å². The summed E-state index contributed by atoms with van der Waals surface area (Å²) in [4.78, 5) is 4.39. The first kappa shape index (κ1) is 13.6. The Morgan fingerprint density at radius 3 is 2.74 bits per heavy atom. The quantitative estimate of drug-likeness (QED) is 0.891. The van der Waals surface area contributed by atoms with Crippen LogP contribution < -0.4 is 10.1 Å². The lowest BCUT2D eigenvalue weighted by Gasteiger charge is -2.17. The molecule has 0 fully saturated rings. The van der Waals surface area contributed by atoms with Crippen LogP contribution in [-0.4, -0.2) is 12.1 Å². The van der Waals surface area contributed by atoms with Crippen molar-refractivity contribution in [2.24, 2.45) is 0 Å². The molecule has 1 atom stereocenters. The van der Waals surface area contributed by atoms with E-state index in [9.17, 15) is 0 Å². The van der Waals surface area contributed by atoms with Gasteiger partial charge in [-0.15, -0.1) is 0 Å². The van der Waals surface area contributed by atoms with Gasteiger partial charge in [-0.1, -0.05) is 24.3 Å². The highest BCUT2D eigenvalue weighted by atomic mass is 16.5. The highest BCUT2D eigenvalue weighted by Crippen LogP contribution is 2.24. The highest BCUT2D eigenvalue weighted by molar-refractivity contribution is 5.35. The first-order valence-corrected chi connectivity index (χ1v) is 6.49. The first-order valence-electron chi connectivity index (χ1n) is 6.49. The maximum absolute atomic E-state index is 5.39. The van der Waals surface area contributed by atoms with Gasteiger partial charge in [-0.25, -0.2) is 0 Å². The van der Waals surface area contributed by atoms with Crippen LogP contribution in [-0.2, 0) is 6.54 Å². The molecule has 0 saturated carbocycles. The SMILES string of the molecule is COc1ccccc1[C@H](C)NCc1ncccc1C. The van der Waals surface area contributed by atoms with Gasteiger partial charge in [-0.2, -0.15) is 0 Å². The molecule has 3 heteroatoms. The fraction of sp³-hybridized carbons (Fsp3) is 0.312. The van der Waals surface area contributed by atoms with Crippen molar-refractivity contribution in [2.75, 3.05) is 7.11 Å². The van der Waals surface area contributed by atoms with Crippen LogP contribution in [0.2, 0.25) is 0 Å². The Kier molecular flexibility index (Phi) is 4.53. The molecule has 1 heterocycles. The first-order chi connectivity index (χ1) is 9.22. The van der Waals surface area contributed by atoms with Crippen LogP contribution in [0.4, 0.5) is 0 Å². The zero-order valence-corrected chi connectivity index (χ0v) is 11.7. The second kappa shape index (κ2) is 6.34. The summed E-state index contributed by atoms with van der Waals surface area (Å²) in [6, 6.07) is 12.3. The van der Waals surface area contributed by atoms with Gasteiger partial charge in [0, 0.05) is 24.3 Å². The van der Waals surface area contributed by atoms with E-state index in [1.54, 1.807) is 7.11 Å². The van der Waals surface area contributed by atoms with Gasteiger partial charge >= 0.3 is 0 Å². The Labute approximate surface area is 114 Å². The van der Waals surface area contributed by atoms with Crippen molar-refractivity contribution < 1.29 is 4.74 Å². The third kappa shape index (κ3) is 3.32. The molecule has 3 nitrogen and oxygen atoms in total. The predicted octanol–water partition coefficient (Wildman–Crippen LogP) is 3.25. The fourth-order valence-corrected chi connectivity index (χ4v) is 2.09. The number of pyridine rings is 1. The molecule has 1 aromatic carbocycles. The van der Waals surface area contributed by atoms with Crippen molar-refractivity contribution >= 4 is 0 Å². The Hall–Kier alpha value is -1.87. The molecule has 2 aromatic rings. The lowest BCUT2D eigenvalue weighted by molar-refractivity contribution is 0.401. The third-order valence-electron chi connectivity index (χ3n) is 3.30. The van der Waals surface area contributed by atoms with Crippen LogP contribution in [0.15, 0.2) is 42.6 Å². The van der Waals surface area contributed by atoms with E-state index in [-0.39, 0.29) is 6.04 Å². The number of hydrogen-bond acceptors (Lipinski definition) is 3. The Morgan fingerprint density at radius 1 is 1.21 bits per heavy atom. The van der Waals surface area contributed by atoms with Crippen LogP contribution in [0.5, 0.6) is 5.75 Å². The van der Waals surface area contributed by atoms with E-state index in [0.29, 0.717) is 0 Å². The molecule has 0 aliphatic heterocycles. The van der Waals surface area contributed by atoms with E-state index in [1.807, 2.05) is 30.5 Å². The largest absolute Gasteiger partial charge is 0.496 e. The van der Waals surface area contributed by atoms with Gasteiger partial charge in [-0.3, -0.25) is 4.98 Å². The monoisotopic (exact) mass is 256 g/mol. The summed E-state index contributed by atoms with van der Waals surface area (Å²) in [6.07, 6.45) is 1.83. The molecule has 0 aliphatic rings.